The number of hydrogen-bond donors (Lipinski definition) is 2. The molecule has 1 aliphatic rings. The van der Waals surface area contributed by atoms with E-state index in [1.165, 1.54) is 0 Å². The van der Waals surface area contributed by atoms with Gasteiger partial charge in [0.15, 0.2) is 0 Å². The molecule has 1 aromatic heterocycles. The Morgan fingerprint density at radius 3 is 2.74 bits per heavy atom. The smallest absolute Gasteiger partial charge is 0.255 e. The monoisotopic (exact) mass is 495 g/mol. The number of nitrogens with one attached hydrogen (secondary N) is 2. The lowest BCUT2D eigenvalue weighted by atomic mass is 10.0. The van der Waals surface area contributed by atoms with Crippen LogP contribution in [0.4, 0.5) is 0 Å². The summed E-state index contributed by atoms with van der Waals surface area (Å²) in [5.74, 6) is 1.16. The number of halogens is 1. The largest absolute Gasteiger partial charge is 0.494 e. The number of fused-ring (bicyclic) bond motifs is 2. The number of carbonyl (C=O) groups is 2. The van der Waals surface area contributed by atoms with Crippen molar-refractivity contribution in [2.24, 2.45) is 7.05 Å². The molecule has 0 saturated heterocycles. The first-order valence-electron chi connectivity index (χ1n) is 11.7. The van der Waals surface area contributed by atoms with Crippen LogP contribution >= 0.6 is 11.6 Å². The van der Waals surface area contributed by atoms with E-state index in [9.17, 15) is 9.59 Å². The van der Waals surface area contributed by atoms with Gasteiger partial charge in [-0.2, -0.15) is 0 Å². The van der Waals surface area contributed by atoms with E-state index in [0.717, 1.165) is 29.4 Å². The van der Waals surface area contributed by atoms with E-state index in [4.69, 9.17) is 26.7 Å². The maximum Gasteiger partial charge on any atom is 0.255 e. The molecule has 2 N–H and O–H groups in total. The molecule has 0 radical (unpaired) electrons. The third-order valence-electron chi connectivity index (χ3n) is 6.49. The van der Waals surface area contributed by atoms with E-state index in [2.05, 4.69) is 5.32 Å². The fraction of sp³-hybridized carbons (Fsp3) is 0.385. The molecule has 0 aliphatic carbocycles. The molecule has 1 atom stereocenters. The number of alkyl halides is 1. The van der Waals surface area contributed by atoms with Gasteiger partial charge in [-0.1, -0.05) is 24.6 Å². The Morgan fingerprint density at radius 2 is 2.00 bits per heavy atom. The number of amides is 2. The summed E-state index contributed by atoms with van der Waals surface area (Å²) in [6.07, 6.45) is 2.81. The highest BCUT2D eigenvalue weighted by molar-refractivity contribution is 6.28. The van der Waals surface area contributed by atoms with E-state index in [1.54, 1.807) is 25.1 Å². The highest BCUT2D eigenvalue weighted by Crippen LogP contribution is 2.30. The Bertz CT molecular complexity index is 1290. The molecule has 3 aromatic rings. The Kier molecular flexibility index (Phi) is 7.40. The van der Waals surface area contributed by atoms with Crippen molar-refractivity contribution in [3.05, 3.63) is 58.9 Å². The Labute approximate surface area is 209 Å². The number of benzene rings is 2. The molecule has 2 heterocycles. The number of aromatic nitrogens is 2. The maximum absolute atomic E-state index is 13.5. The van der Waals surface area contributed by atoms with Crippen LogP contribution in [0.5, 0.6) is 5.75 Å². The topological polar surface area (TPSA) is 100 Å². The average Bonchev–Trinajstić information content (AvgIpc) is 3.36. The van der Waals surface area contributed by atoms with Crippen LogP contribution in [0.25, 0.3) is 11.0 Å². The third-order valence-corrected chi connectivity index (χ3v) is 6.81. The predicted molar refractivity (Wildman–Crippen MR) is 137 cm³/mol. The van der Waals surface area contributed by atoms with E-state index < -0.39 is 0 Å². The molecule has 0 saturated carbocycles. The van der Waals surface area contributed by atoms with Crippen LogP contribution in [0, 0.1) is 5.41 Å². The Morgan fingerprint density at radius 1 is 1.23 bits per heavy atom. The Balaban J connectivity index is 1.65. The van der Waals surface area contributed by atoms with Gasteiger partial charge in [0.05, 0.1) is 35.7 Å². The third kappa shape index (κ3) is 4.89. The molecule has 0 unspecified atom stereocenters. The molecule has 2 amide bonds. The minimum Gasteiger partial charge on any atom is -0.494 e. The summed E-state index contributed by atoms with van der Waals surface area (Å²) in [6, 6.07) is 10.7. The molecule has 1 aliphatic heterocycles. The first-order chi connectivity index (χ1) is 16.8. The van der Waals surface area contributed by atoms with Crippen molar-refractivity contribution in [2.45, 2.75) is 38.3 Å². The number of para-hydroxylation sites is 1. The number of unbranched alkanes of at least 4 members (excludes halogenated alkanes) is 1. The number of imidazole rings is 1. The van der Waals surface area contributed by atoms with Crippen molar-refractivity contribution in [1.29, 1.82) is 5.41 Å². The van der Waals surface area contributed by atoms with Gasteiger partial charge in [0.2, 0.25) is 0 Å². The fourth-order valence-electron chi connectivity index (χ4n) is 4.63. The highest BCUT2D eigenvalue weighted by Gasteiger charge is 2.31. The second-order valence-electron chi connectivity index (χ2n) is 8.87. The zero-order valence-electron chi connectivity index (χ0n) is 20.2. The van der Waals surface area contributed by atoms with Gasteiger partial charge in [0, 0.05) is 26.4 Å². The SMILES string of the molecule is COc1cccc2c1nc([C@H](CCCCC(=N)CCl)NC(=O)c1cccc3c1C(=O)N(C)C3)n2C. The number of ether oxygens (including phenoxy) is 1. The molecule has 9 heteroatoms. The molecular formula is C26H30ClN5O3. The van der Waals surface area contributed by atoms with Gasteiger partial charge in [0.25, 0.3) is 11.8 Å². The van der Waals surface area contributed by atoms with E-state index in [-0.39, 0.29) is 23.7 Å². The molecule has 35 heavy (non-hydrogen) atoms. The van der Waals surface area contributed by atoms with Gasteiger partial charge in [-0.25, -0.2) is 4.98 Å². The molecular weight excluding hydrogens is 466 g/mol. The van der Waals surface area contributed by atoms with E-state index in [1.807, 2.05) is 41.9 Å². The zero-order chi connectivity index (χ0) is 25.1. The number of nitrogens with zero attached hydrogens (tertiary/aromatic N) is 3. The average molecular weight is 496 g/mol. The minimum atomic E-state index is -0.389. The van der Waals surface area contributed by atoms with Crippen molar-refractivity contribution in [2.75, 3.05) is 20.0 Å². The van der Waals surface area contributed by atoms with E-state index in [0.29, 0.717) is 47.8 Å². The summed E-state index contributed by atoms with van der Waals surface area (Å²) in [5.41, 5.74) is 3.83. The lowest BCUT2D eigenvalue weighted by Gasteiger charge is -2.19. The highest BCUT2D eigenvalue weighted by atomic mass is 35.5. The first-order valence-corrected chi connectivity index (χ1v) is 12.2. The van der Waals surface area contributed by atoms with Crippen LogP contribution in [0.1, 0.15) is 63.8 Å². The van der Waals surface area contributed by atoms with E-state index >= 15 is 0 Å². The number of methoxy groups -OCH3 is 1. The van der Waals surface area contributed by atoms with Crippen molar-refractivity contribution in [3.8, 4) is 5.75 Å². The maximum atomic E-state index is 13.5. The van der Waals surface area contributed by atoms with Gasteiger partial charge in [-0.3, -0.25) is 9.59 Å². The lowest BCUT2D eigenvalue weighted by molar-refractivity contribution is 0.0808. The second kappa shape index (κ2) is 10.5. The molecule has 2 aromatic carbocycles. The quantitative estimate of drug-likeness (QED) is 0.246. The summed E-state index contributed by atoms with van der Waals surface area (Å²) in [6.45, 7) is 0.496. The second-order valence-corrected chi connectivity index (χ2v) is 9.13. The lowest BCUT2D eigenvalue weighted by Crippen LogP contribution is -2.32. The summed E-state index contributed by atoms with van der Waals surface area (Å²) in [4.78, 5) is 32.6. The van der Waals surface area contributed by atoms with Crippen LogP contribution in [-0.4, -0.2) is 52.0 Å². The van der Waals surface area contributed by atoms with Crippen LogP contribution in [0.15, 0.2) is 36.4 Å². The summed E-state index contributed by atoms with van der Waals surface area (Å²) in [5, 5.41) is 10.9. The van der Waals surface area contributed by atoms with Crippen LogP contribution in [0.3, 0.4) is 0 Å². The zero-order valence-corrected chi connectivity index (χ0v) is 21.0. The van der Waals surface area contributed by atoms with Gasteiger partial charge in [0.1, 0.15) is 17.1 Å². The number of rotatable bonds is 10. The van der Waals surface area contributed by atoms with Crippen molar-refractivity contribution in [3.63, 3.8) is 0 Å². The van der Waals surface area contributed by atoms with Crippen LogP contribution in [0.2, 0.25) is 0 Å². The van der Waals surface area contributed by atoms with Crippen LogP contribution in [-0.2, 0) is 13.6 Å². The number of hydrogen-bond acceptors (Lipinski definition) is 5. The van der Waals surface area contributed by atoms with Gasteiger partial charge >= 0.3 is 0 Å². The van der Waals surface area contributed by atoms with Gasteiger partial charge in [-0.05, 0) is 43.0 Å². The number of aryl methyl sites for hydroxylation is 1. The first kappa shape index (κ1) is 24.7. The molecule has 4 rings (SSSR count). The molecule has 0 spiro atoms. The standard InChI is InChI=1S/C26H30ClN5O3/c1-31-15-16-8-6-10-18(22(16)26(31)34)25(33)29-19(11-5-4-9-17(28)14-27)24-30-23-20(32(24)2)12-7-13-21(23)35-3/h6-8,10,12-13,19,28H,4-5,9,11,14-15H2,1-3H3,(H,29,33)/t19-/m0/s1. The van der Waals surface area contributed by atoms with Gasteiger partial charge in [-0.15, -0.1) is 11.6 Å². The predicted octanol–water partition coefficient (Wildman–Crippen LogP) is 4.46. The fourth-order valence-corrected chi connectivity index (χ4v) is 4.76. The van der Waals surface area contributed by atoms with Crippen molar-refractivity contribution < 1.29 is 14.3 Å². The summed E-state index contributed by atoms with van der Waals surface area (Å²) >= 11 is 5.75. The normalized spacial score (nSPS) is 13.7. The molecule has 0 bridgehead atoms. The molecule has 184 valence electrons. The number of carbonyl (C=O) groups excluding carboxylic acids is 2. The molecule has 8 nitrogen and oxygen atoms in total. The minimum absolute atomic E-state index is 0.144. The summed E-state index contributed by atoms with van der Waals surface area (Å²) in [7, 11) is 5.27. The van der Waals surface area contributed by atoms with Gasteiger partial charge < -0.3 is 24.9 Å². The van der Waals surface area contributed by atoms with Crippen molar-refractivity contribution >= 4 is 40.2 Å². The Hall–Kier alpha value is -3.39. The van der Waals surface area contributed by atoms with Crippen LogP contribution < -0.4 is 10.1 Å². The van der Waals surface area contributed by atoms with Crippen molar-refractivity contribution in [1.82, 2.24) is 19.8 Å². The molecule has 0 fully saturated rings. The summed E-state index contributed by atoms with van der Waals surface area (Å²) < 4.78 is 7.46.